The van der Waals surface area contributed by atoms with Gasteiger partial charge in [0.15, 0.2) is 0 Å². The average molecular weight is 344 g/mol. The van der Waals surface area contributed by atoms with Crippen LogP contribution >= 0.6 is 15.9 Å². The van der Waals surface area contributed by atoms with Gasteiger partial charge in [0.2, 0.25) is 0 Å². The van der Waals surface area contributed by atoms with Crippen LogP contribution in [-0.2, 0) is 12.8 Å². The maximum atomic E-state index is 12.8. The van der Waals surface area contributed by atoms with E-state index in [1.807, 2.05) is 30.0 Å². The molecule has 2 aromatic rings. The van der Waals surface area contributed by atoms with E-state index in [0.29, 0.717) is 0 Å². The van der Waals surface area contributed by atoms with Crippen molar-refractivity contribution >= 4 is 21.8 Å². The Morgan fingerprint density at radius 3 is 2.29 bits per heavy atom. The van der Waals surface area contributed by atoms with Crippen molar-refractivity contribution in [3.05, 3.63) is 69.2 Å². The van der Waals surface area contributed by atoms with Crippen molar-refractivity contribution in [3.8, 4) is 0 Å². The molecular formula is C18H18BrNO. The standard InChI is InChI=1S/C18H18BrNO/c1-13-6-7-16(19)12-17(13)18(21)20-10-8-14-4-2-3-5-15(14)9-11-20/h2-7,12H,8-11H2,1H3. The van der Waals surface area contributed by atoms with Gasteiger partial charge in [-0.2, -0.15) is 0 Å². The van der Waals surface area contributed by atoms with Crippen LogP contribution in [-0.4, -0.2) is 23.9 Å². The van der Waals surface area contributed by atoms with Gasteiger partial charge >= 0.3 is 0 Å². The fourth-order valence-electron chi connectivity index (χ4n) is 2.87. The number of benzene rings is 2. The third-order valence-electron chi connectivity index (χ3n) is 4.14. The normalized spacial score (nSPS) is 14.5. The average Bonchev–Trinajstić information content (AvgIpc) is 2.71. The minimum atomic E-state index is 0.140. The third kappa shape index (κ3) is 3.03. The molecule has 0 aliphatic carbocycles. The van der Waals surface area contributed by atoms with Gasteiger partial charge in [-0.15, -0.1) is 0 Å². The second-order valence-electron chi connectivity index (χ2n) is 5.52. The van der Waals surface area contributed by atoms with E-state index < -0.39 is 0 Å². The molecule has 2 nitrogen and oxygen atoms in total. The van der Waals surface area contributed by atoms with Gasteiger partial charge in [0.25, 0.3) is 5.91 Å². The zero-order valence-electron chi connectivity index (χ0n) is 12.1. The van der Waals surface area contributed by atoms with Crippen LogP contribution in [0.15, 0.2) is 46.9 Å². The second-order valence-corrected chi connectivity index (χ2v) is 6.44. The summed E-state index contributed by atoms with van der Waals surface area (Å²) < 4.78 is 0.953. The molecule has 0 unspecified atom stereocenters. The Hall–Kier alpha value is -1.61. The lowest BCUT2D eigenvalue weighted by Crippen LogP contribution is -2.33. The Balaban J connectivity index is 1.82. The number of hydrogen-bond acceptors (Lipinski definition) is 1. The molecule has 0 bridgehead atoms. The van der Waals surface area contributed by atoms with Crippen LogP contribution in [0.5, 0.6) is 0 Å². The number of carbonyl (C=O) groups excluding carboxylic acids is 1. The van der Waals surface area contributed by atoms with Crippen LogP contribution in [0, 0.1) is 6.92 Å². The molecule has 0 spiro atoms. The molecule has 3 heteroatoms. The number of rotatable bonds is 1. The lowest BCUT2D eigenvalue weighted by molar-refractivity contribution is 0.0762. The van der Waals surface area contributed by atoms with Crippen molar-refractivity contribution in [2.24, 2.45) is 0 Å². The van der Waals surface area contributed by atoms with E-state index in [1.54, 1.807) is 0 Å². The maximum absolute atomic E-state index is 12.8. The number of amides is 1. The molecule has 3 rings (SSSR count). The predicted molar refractivity (Wildman–Crippen MR) is 88.6 cm³/mol. The van der Waals surface area contributed by atoms with Crippen LogP contribution in [0.4, 0.5) is 0 Å². The summed E-state index contributed by atoms with van der Waals surface area (Å²) in [7, 11) is 0. The molecule has 0 saturated heterocycles. The highest BCUT2D eigenvalue weighted by Gasteiger charge is 2.20. The molecule has 0 radical (unpaired) electrons. The van der Waals surface area contributed by atoms with E-state index in [-0.39, 0.29) is 5.91 Å². The second kappa shape index (κ2) is 6.02. The molecule has 21 heavy (non-hydrogen) atoms. The number of halogens is 1. The first-order chi connectivity index (χ1) is 10.1. The Morgan fingerprint density at radius 2 is 1.67 bits per heavy atom. The first kappa shape index (κ1) is 14.3. The minimum absolute atomic E-state index is 0.140. The van der Waals surface area contributed by atoms with E-state index in [0.717, 1.165) is 41.5 Å². The van der Waals surface area contributed by atoms with Crippen molar-refractivity contribution in [1.29, 1.82) is 0 Å². The van der Waals surface area contributed by atoms with Gasteiger partial charge in [-0.3, -0.25) is 4.79 Å². The van der Waals surface area contributed by atoms with Gasteiger partial charge in [-0.25, -0.2) is 0 Å². The maximum Gasteiger partial charge on any atom is 0.254 e. The molecule has 108 valence electrons. The van der Waals surface area contributed by atoms with Gasteiger partial charge in [0.1, 0.15) is 0 Å². The zero-order chi connectivity index (χ0) is 14.8. The van der Waals surface area contributed by atoms with Gasteiger partial charge in [-0.05, 0) is 48.6 Å². The first-order valence-electron chi connectivity index (χ1n) is 7.27. The van der Waals surface area contributed by atoms with Crippen LogP contribution in [0.25, 0.3) is 0 Å². The zero-order valence-corrected chi connectivity index (χ0v) is 13.7. The largest absolute Gasteiger partial charge is 0.338 e. The van der Waals surface area contributed by atoms with Crippen molar-refractivity contribution in [2.45, 2.75) is 19.8 Å². The molecule has 1 heterocycles. The highest BCUT2D eigenvalue weighted by Crippen LogP contribution is 2.21. The number of fused-ring (bicyclic) bond motifs is 1. The summed E-state index contributed by atoms with van der Waals surface area (Å²) in [5, 5.41) is 0. The molecular weight excluding hydrogens is 326 g/mol. The molecule has 1 amide bonds. The van der Waals surface area contributed by atoms with Crippen LogP contribution in [0.2, 0.25) is 0 Å². The Labute approximate surface area is 133 Å². The molecule has 0 N–H and O–H groups in total. The lowest BCUT2D eigenvalue weighted by atomic mass is 10.0. The number of carbonyl (C=O) groups is 1. The summed E-state index contributed by atoms with van der Waals surface area (Å²) in [4.78, 5) is 14.8. The summed E-state index contributed by atoms with van der Waals surface area (Å²) in [6.07, 6.45) is 1.88. The smallest absolute Gasteiger partial charge is 0.254 e. The molecule has 1 aliphatic rings. The molecule has 2 aromatic carbocycles. The van der Waals surface area contributed by atoms with Crippen molar-refractivity contribution < 1.29 is 4.79 Å². The fourth-order valence-corrected chi connectivity index (χ4v) is 3.23. The SMILES string of the molecule is Cc1ccc(Br)cc1C(=O)N1CCc2ccccc2CC1. The molecule has 1 aliphatic heterocycles. The molecule has 0 aromatic heterocycles. The van der Waals surface area contributed by atoms with Crippen molar-refractivity contribution in [2.75, 3.05) is 13.1 Å². The minimum Gasteiger partial charge on any atom is -0.338 e. The van der Waals surface area contributed by atoms with Crippen LogP contribution in [0.3, 0.4) is 0 Å². The molecule has 0 fully saturated rings. The van der Waals surface area contributed by atoms with Crippen molar-refractivity contribution in [1.82, 2.24) is 4.90 Å². The van der Waals surface area contributed by atoms with E-state index in [4.69, 9.17) is 0 Å². The highest BCUT2D eigenvalue weighted by atomic mass is 79.9. The molecule has 0 saturated carbocycles. The van der Waals surface area contributed by atoms with E-state index in [2.05, 4.69) is 40.2 Å². The predicted octanol–water partition coefficient (Wildman–Crippen LogP) is 4.00. The third-order valence-corrected chi connectivity index (χ3v) is 4.63. The number of hydrogen-bond donors (Lipinski definition) is 0. The lowest BCUT2D eigenvalue weighted by Gasteiger charge is -2.21. The van der Waals surface area contributed by atoms with E-state index in [9.17, 15) is 4.79 Å². The van der Waals surface area contributed by atoms with Crippen molar-refractivity contribution in [3.63, 3.8) is 0 Å². The number of aryl methyl sites for hydroxylation is 1. The summed E-state index contributed by atoms with van der Waals surface area (Å²) in [5.41, 5.74) is 4.58. The van der Waals surface area contributed by atoms with Gasteiger partial charge < -0.3 is 4.90 Å². The van der Waals surface area contributed by atoms with E-state index in [1.165, 1.54) is 11.1 Å². The quantitative estimate of drug-likeness (QED) is 0.766. The van der Waals surface area contributed by atoms with Gasteiger partial charge in [-0.1, -0.05) is 46.3 Å². The topological polar surface area (TPSA) is 20.3 Å². The van der Waals surface area contributed by atoms with Crippen LogP contribution < -0.4 is 0 Å². The summed E-state index contributed by atoms with van der Waals surface area (Å²) in [6, 6.07) is 14.4. The Kier molecular flexibility index (Phi) is 4.11. The molecule has 0 atom stereocenters. The number of nitrogens with zero attached hydrogens (tertiary/aromatic N) is 1. The van der Waals surface area contributed by atoms with Gasteiger partial charge in [0.05, 0.1) is 0 Å². The highest BCUT2D eigenvalue weighted by molar-refractivity contribution is 9.10. The van der Waals surface area contributed by atoms with Crippen LogP contribution in [0.1, 0.15) is 27.0 Å². The fraction of sp³-hybridized carbons (Fsp3) is 0.278. The Bertz CT molecular complexity index is 654. The van der Waals surface area contributed by atoms with E-state index >= 15 is 0 Å². The summed E-state index contributed by atoms with van der Waals surface area (Å²) in [5.74, 6) is 0.140. The van der Waals surface area contributed by atoms with Gasteiger partial charge in [0, 0.05) is 23.1 Å². The monoisotopic (exact) mass is 343 g/mol. The summed E-state index contributed by atoms with van der Waals surface area (Å²) in [6.45, 7) is 3.58. The Morgan fingerprint density at radius 1 is 1.05 bits per heavy atom. The first-order valence-corrected chi connectivity index (χ1v) is 8.06. The summed E-state index contributed by atoms with van der Waals surface area (Å²) >= 11 is 3.46.